The lowest BCUT2D eigenvalue weighted by Gasteiger charge is -2.12. The second-order valence-electron chi connectivity index (χ2n) is 3.77. The fourth-order valence-corrected chi connectivity index (χ4v) is 1.21. The van der Waals surface area contributed by atoms with Gasteiger partial charge in [0.15, 0.2) is 0 Å². The van der Waals surface area contributed by atoms with E-state index in [-0.39, 0.29) is 5.91 Å². The Morgan fingerprint density at radius 1 is 1.29 bits per heavy atom. The van der Waals surface area contributed by atoms with Crippen molar-refractivity contribution in [3.8, 4) is 0 Å². The van der Waals surface area contributed by atoms with Crippen molar-refractivity contribution in [2.45, 2.75) is 52.5 Å². The van der Waals surface area contributed by atoms with Crippen LogP contribution in [0.2, 0.25) is 0 Å². The van der Waals surface area contributed by atoms with E-state index in [2.05, 4.69) is 31.4 Å². The summed E-state index contributed by atoms with van der Waals surface area (Å²) in [6.45, 7) is 7.59. The first-order valence-corrected chi connectivity index (χ1v) is 5.70. The van der Waals surface area contributed by atoms with Crippen LogP contribution in [0.3, 0.4) is 0 Å². The van der Waals surface area contributed by atoms with E-state index in [0.717, 1.165) is 19.4 Å². The largest absolute Gasteiger partial charge is 0.355 e. The van der Waals surface area contributed by atoms with Crippen LogP contribution in [0.4, 0.5) is 0 Å². The SMILES string of the molecule is CCCCC(C)NCC(=O)NCCC. The van der Waals surface area contributed by atoms with E-state index in [1.54, 1.807) is 0 Å². The summed E-state index contributed by atoms with van der Waals surface area (Å²) in [5, 5.41) is 6.06. The normalized spacial score (nSPS) is 12.5. The number of amides is 1. The highest BCUT2D eigenvalue weighted by Gasteiger charge is 2.03. The summed E-state index contributed by atoms with van der Waals surface area (Å²) < 4.78 is 0. The third-order valence-electron chi connectivity index (χ3n) is 2.17. The van der Waals surface area contributed by atoms with Crippen LogP contribution in [0.1, 0.15) is 46.5 Å². The lowest BCUT2D eigenvalue weighted by Crippen LogP contribution is -2.38. The van der Waals surface area contributed by atoms with E-state index in [1.165, 1.54) is 12.8 Å². The summed E-state index contributed by atoms with van der Waals surface area (Å²) in [6.07, 6.45) is 4.59. The minimum atomic E-state index is 0.107. The van der Waals surface area contributed by atoms with Gasteiger partial charge in [0.1, 0.15) is 0 Å². The first kappa shape index (κ1) is 13.4. The predicted octanol–water partition coefficient (Wildman–Crippen LogP) is 1.68. The van der Waals surface area contributed by atoms with E-state index in [9.17, 15) is 4.79 Å². The van der Waals surface area contributed by atoms with Gasteiger partial charge in [0, 0.05) is 12.6 Å². The van der Waals surface area contributed by atoms with E-state index < -0.39 is 0 Å². The highest BCUT2D eigenvalue weighted by Crippen LogP contribution is 1.98. The van der Waals surface area contributed by atoms with Gasteiger partial charge in [-0.2, -0.15) is 0 Å². The fraction of sp³-hybridized carbons (Fsp3) is 0.909. The number of unbranched alkanes of at least 4 members (excludes halogenated alkanes) is 1. The third-order valence-corrected chi connectivity index (χ3v) is 2.17. The van der Waals surface area contributed by atoms with Gasteiger partial charge >= 0.3 is 0 Å². The molecule has 0 saturated heterocycles. The van der Waals surface area contributed by atoms with Gasteiger partial charge in [0.2, 0.25) is 5.91 Å². The van der Waals surface area contributed by atoms with Crippen LogP contribution in [0, 0.1) is 0 Å². The van der Waals surface area contributed by atoms with Crippen LogP contribution in [0.15, 0.2) is 0 Å². The molecular weight excluding hydrogens is 176 g/mol. The van der Waals surface area contributed by atoms with Crippen molar-refractivity contribution in [3.63, 3.8) is 0 Å². The van der Waals surface area contributed by atoms with Crippen molar-refractivity contribution in [2.75, 3.05) is 13.1 Å². The average Bonchev–Trinajstić information content (AvgIpc) is 2.20. The standard InChI is InChI=1S/C11H24N2O/c1-4-6-7-10(3)13-9-11(14)12-8-5-2/h10,13H,4-9H2,1-3H3,(H,12,14). The molecule has 2 N–H and O–H groups in total. The summed E-state index contributed by atoms with van der Waals surface area (Å²) in [7, 11) is 0. The van der Waals surface area contributed by atoms with Crippen molar-refractivity contribution in [1.29, 1.82) is 0 Å². The fourth-order valence-electron chi connectivity index (χ4n) is 1.21. The summed E-state index contributed by atoms with van der Waals surface area (Å²) in [5.74, 6) is 0.107. The topological polar surface area (TPSA) is 41.1 Å². The van der Waals surface area contributed by atoms with E-state index >= 15 is 0 Å². The first-order chi connectivity index (χ1) is 6.70. The van der Waals surface area contributed by atoms with Crippen molar-refractivity contribution in [3.05, 3.63) is 0 Å². The maximum atomic E-state index is 11.2. The molecule has 0 saturated carbocycles. The Morgan fingerprint density at radius 2 is 2.00 bits per heavy atom. The van der Waals surface area contributed by atoms with Gasteiger partial charge in [0.05, 0.1) is 6.54 Å². The van der Waals surface area contributed by atoms with Crippen LogP contribution in [-0.2, 0) is 4.79 Å². The quantitative estimate of drug-likeness (QED) is 0.626. The van der Waals surface area contributed by atoms with E-state index in [4.69, 9.17) is 0 Å². The Bertz CT molecular complexity index is 148. The summed E-state index contributed by atoms with van der Waals surface area (Å²) in [5.41, 5.74) is 0. The second-order valence-corrected chi connectivity index (χ2v) is 3.77. The first-order valence-electron chi connectivity index (χ1n) is 5.70. The molecule has 0 radical (unpaired) electrons. The van der Waals surface area contributed by atoms with Gasteiger partial charge in [-0.1, -0.05) is 26.7 Å². The minimum absolute atomic E-state index is 0.107. The van der Waals surface area contributed by atoms with Crippen molar-refractivity contribution >= 4 is 5.91 Å². The number of hydrogen-bond donors (Lipinski definition) is 2. The van der Waals surface area contributed by atoms with Gasteiger partial charge in [-0.3, -0.25) is 4.79 Å². The molecule has 1 unspecified atom stereocenters. The molecule has 0 aromatic heterocycles. The zero-order chi connectivity index (χ0) is 10.8. The molecular formula is C11H24N2O. The summed E-state index contributed by atoms with van der Waals surface area (Å²) in [6, 6.07) is 0.447. The molecule has 1 atom stereocenters. The zero-order valence-electron chi connectivity index (χ0n) is 9.73. The summed E-state index contributed by atoms with van der Waals surface area (Å²) in [4.78, 5) is 11.2. The molecule has 84 valence electrons. The zero-order valence-corrected chi connectivity index (χ0v) is 9.73. The van der Waals surface area contributed by atoms with Crippen LogP contribution in [-0.4, -0.2) is 25.0 Å². The average molecular weight is 200 g/mol. The molecule has 0 bridgehead atoms. The molecule has 0 aromatic rings. The Balaban J connectivity index is 3.36. The number of rotatable bonds is 8. The maximum Gasteiger partial charge on any atom is 0.233 e. The van der Waals surface area contributed by atoms with E-state index in [1.807, 2.05) is 0 Å². The number of nitrogens with one attached hydrogen (secondary N) is 2. The van der Waals surface area contributed by atoms with Gasteiger partial charge < -0.3 is 10.6 Å². The van der Waals surface area contributed by atoms with Gasteiger partial charge in [0.25, 0.3) is 0 Å². The molecule has 0 rings (SSSR count). The van der Waals surface area contributed by atoms with E-state index in [0.29, 0.717) is 12.6 Å². The maximum absolute atomic E-state index is 11.2. The second kappa shape index (κ2) is 9.00. The molecule has 3 heteroatoms. The van der Waals surface area contributed by atoms with Crippen molar-refractivity contribution < 1.29 is 4.79 Å². The monoisotopic (exact) mass is 200 g/mol. The molecule has 0 aromatic carbocycles. The highest BCUT2D eigenvalue weighted by molar-refractivity contribution is 5.77. The molecule has 0 fully saturated rings. The predicted molar refractivity (Wildman–Crippen MR) is 60.3 cm³/mol. The Kier molecular flexibility index (Phi) is 8.64. The highest BCUT2D eigenvalue weighted by atomic mass is 16.1. The number of carbonyl (C=O) groups is 1. The molecule has 14 heavy (non-hydrogen) atoms. The molecule has 0 spiro atoms. The molecule has 0 aliphatic carbocycles. The van der Waals surface area contributed by atoms with Crippen molar-refractivity contribution in [1.82, 2.24) is 10.6 Å². The third kappa shape index (κ3) is 8.05. The molecule has 3 nitrogen and oxygen atoms in total. The number of carbonyl (C=O) groups excluding carboxylic acids is 1. The van der Waals surface area contributed by atoms with Crippen LogP contribution < -0.4 is 10.6 Å². The molecule has 1 amide bonds. The van der Waals surface area contributed by atoms with Gasteiger partial charge in [-0.05, 0) is 19.8 Å². The van der Waals surface area contributed by atoms with Gasteiger partial charge in [-0.15, -0.1) is 0 Å². The Morgan fingerprint density at radius 3 is 2.57 bits per heavy atom. The summed E-state index contributed by atoms with van der Waals surface area (Å²) >= 11 is 0. The number of hydrogen-bond acceptors (Lipinski definition) is 2. The minimum Gasteiger partial charge on any atom is -0.355 e. The molecule has 0 aliphatic rings. The van der Waals surface area contributed by atoms with Crippen LogP contribution in [0.25, 0.3) is 0 Å². The van der Waals surface area contributed by atoms with Crippen LogP contribution in [0.5, 0.6) is 0 Å². The molecule has 0 aliphatic heterocycles. The smallest absolute Gasteiger partial charge is 0.233 e. The van der Waals surface area contributed by atoms with Gasteiger partial charge in [-0.25, -0.2) is 0 Å². The van der Waals surface area contributed by atoms with Crippen LogP contribution >= 0.6 is 0 Å². The lowest BCUT2D eigenvalue weighted by atomic mass is 10.1. The van der Waals surface area contributed by atoms with Crippen molar-refractivity contribution in [2.24, 2.45) is 0 Å². The lowest BCUT2D eigenvalue weighted by molar-refractivity contribution is -0.120. The Hall–Kier alpha value is -0.570. The Labute approximate surface area is 87.6 Å². The molecule has 0 heterocycles.